The van der Waals surface area contributed by atoms with Gasteiger partial charge in [-0.2, -0.15) is 13.2 Å². The van der Waals surface area contributed by atoms with Gasteiger partial charge in [-0.25, -0.2) is 0 Å². The Bertz CT molecular complexity index is 985. The molecule has 3 rings (SSSR count). The Hall–Kier alpha value is -3.49. The zero-order valence-corrected chi connectivity index (χ0v) is 16.2. The molecule has 30 heavy (non-hydrogen) atoms. The van der Waals surface area contributed by atoms with E-state index in [1.807, 2.05) is 0 Å². The van der Waals surface area contributed by atoms with E-state index in [2.05, 4.69) is 5.32 Å². The van der Waals surface area contributed by atoms with Crippen molar-refractivity contribution >= 4 is 23.6 Å². The average molecular weight is 420 g/mol. The van der Waals surface area contributed by atoms with Crippen molar-refractivity contribution in [3.8, 4) is 11.5 Å². The minimum Gasteiger partial charge on any atom is -0.493 e. The van der Waals surface area contributed by atoms with Crippen molar-refractivity contribution in [2.75, 3.05) is 26.1 Å². The third kappa shape index (κ3) is 4.73. The van der Waals surface area contributed by atoms with Gasteiger partial charge in [0.2, 0.25) is 11.8 Å². The standard InChI is InChI=1S/C21H19F3N2O4/c1-29-17-9-13-7-8-26(20(28)11-14(13)10-18(17)30-2)12-19(27)25-16-5-3-15(4-6-16)21(22,23)24/h3-10H,11-12H2,1-2H3,(H,25,27). The molecule has 158 valence electrons. The van der Waals surface area contributed by atoms with Crippen molar-refractivity contribution in [3.63, 3.8) is 0 Å². The second-order valence-electron chi connectivity index (χ2n) is 6.54. The van der Waals surface area contributed by atoms with Crippen LogP contribution in [0.5, 0.6) is 11.5 Å². The van der Waals surface area contributed by atoms with Crippen molar-refractivity contribution in [1.29, 1.82) is 0 Å². The molecule has 1 aliphatic heterocycles. The molecule has 0 aromatic heterocycles. The van der Waals surface area contributed by atoms with Gasteiger partial charge in [0.05, 0.1) is 26.2 Å². The predicted octanol–water partition coefficient (Wildman–Crippen LogP) is 3.72. The number of nitrogens with zero attached hydrogens (tertiary/aromatic N) is 1. The summed E-state index contributed by atoms with van der Waals surface area (Å²) >= 11 is 0. The summed E-state index contributed by atoms with van der Waals surface area (Å²) < 4.78 is 48.4. The molecule has 0 bridgehead atoms. The lowest BCUT2D eigenvalue weighted by Crippen LogP contribution is -2.34. The first kappa shape index (κ1) is 21.2. The summed E-state index contributed by atoms with van der Waals surface area (Å²) in [4.78, 5) is 26.1. The maximum Gasteiger partial charge on any atom is 0.416 e. The maximum atomic E-state index is 12.6. The van der Waals surface area contributed by atoms with Gasteiger partial charge in [0.15, 0.2) is 11.5 Å². The van der Waals surface area contributed by atoms with E-state index in [1.165, 1.54) is 25.3 Å². The molecule has 0 aliphatic carbocycles. The molecule has 0 saturated heterocycles. The number of alkyl halides is 3. The fourth-order valence-corrected chi connectivity index (χ4v) is 3.00. The monoisotopic (exact) mass is 420 g/mol. The molecule has 0 radical (unpaired) electrons. The van der Waals surface area contributed by atoms with Crippen LogP contribution in [0.2, 0.25) is 0 Å². The van der Waals surface area contributed by atoms with Crippen molar-refractivity contribution in [1.82, 2.24) is 4.90 Å². The summed E-state index contributed by atoms with van der Waals surface area (Å²) in [5.41, 5.74) is 0.873. The molecule has 1 N–H and O–H groups in total. The van der Waals surface area contributed by atoms with Crippen LogP contribution in [0.3, 0.4) is 0 Å². The van der Waals surface area contributed by atoms with Gasteiger partial charge in [-0.3, -0.25) is 9.59 Å². The second kappa shape index (κ2) is 8.48. The summed E-state index contributed by atoms with van der Waals surface area (Å²) in [6, 6.07) is 7.53. The van der Waals surface area contributed by atoms with Crippen LogP contribution in [0.15, 0.2) is 42.6 Å². The van der Waals surface area contributed by atoms with Gasteiger partial charge >= 0.3 is 6.18 Å². The van der Waals surface area contributed by atoms with Crippen LogP contribution >= 0.6 is 0 Å². The number of halogens is 3. The van der Waals surface area contributed by atoms with Gasteiger partial charge in [-0.15, -0.1) is 0 Å². The van der Waals surface area contributed by atoms with Crippen molar-refractivity contribution in [2.24, 2.45) is 0 Å². The Labute approximate surface area is 170 Å². The summed E-state index contributed by atoms with van der Waals surface area (Å²) in [6.07, 6.45) is -1.22. The molecule has 6 nitrogen and oxygen atoms in total. The minimum absolute atomic E-state index is 0.0518. The highest BCUT2D eigenvalue weighted by molar-refractivity contribution is 5.95. The molecule has 1 heterocycles. The number of amides is 2. The fraction of sp³-hybridized carbons (Fsp3) is 0.238. The quantitative estimate of drug-likeness (QED) is 0.801. The Kier molecular flexibility index (Phi) is 6.00. The molecular weight excluding hydrogens is 401 g/mol. The van der Waals surface area contributed by atoms with Crippen LogP contribution in [0.4, 0.5) is 18.9 Å². The second-order valence-corrected chi connectivity index (χ2v) is 6.54. The zero-order valence-electron chi connectivity index (χ0n) is 16.2. The van der Waals surface area contributed by atoms with E-state index in [0.717, 1.165) is 35.4 Å². The Morgan fingerprint density at radius 1 is 1.10 bits per heavy atom. The van der Waals surface area contributed by atoms with Crippen LogP contribution in [0.25, 0.3) is 6.08 Å². The predicted molar refractivity (Wildman–Crippen MR) is 104 cm³/mol. The third-order valence-electron chi connectivity index (χ3n) is 4.55. The summed E-state index contributed by atoms with van der Waals surface area (Å²) in [6.45, 7) is -0.279. The lowest BCUT2D eigenvalue weighted by Gasteiger charge is -2.17. The van der Waals surface area contributed by atoms with E-state index < -0.39 is 17.6 Å². The SMILES string of the molecule is COc1cc2c(cc1OC)CC(=O)N(CC(=O)Nc1ccc(C(F)(F)F)cc1)C=C2. The zero-order chi connectivity index (χ0) is 21.9. The molecule has 2 aromatic rings. The molecular formula is C21H19F3N2O4. The molecule has 2 aromatic carbocycles. The molecule has 2 amide bonds. The number of rotatable bonds is 5. The third-order valence-corrected chi connectivity index (χ3v) is 4.55. The highest BCUT2D eigenvalue weighted by Crippen LogP contribution is 2.33. The highest BCUT2D eigenvalue weighted by Gasteiger charge is 2.30. The lowest BCUT2D eigenvalue weighted by atomic mass is 10.0. The summed E-state index contributed by atoms with van der Waals surface area (Å²) in [5.74, 6) is 0.168. The van der Waals surface area contributed by atoms with Crippen LogP contribution in [-0.4, -0.2) is 37.5 Å². The molecule has 1 aliphatic rings. The molecule has 0 atom stereocenters. The Morgan fingerprint density at radius 3 is 2.33 bits per heavy atom. The van der Waals surface area contributed by atoms with Gasteiger partial charge < -0.3 is 19.7 Å². The van der Waals surface area contributed by atoms with Crippen molar-refractivity contribution in [2.45, 2.75) is 12.6 Å². The first-order valence-electron chi connectivity index (χ1n) is 8.91. The number of benzene rings is 2. The van der Waals surface area contributed by atoms with Crippen LogP contribution in [0, 0.1) is 0 Å². The maximum absolute atomic E-state index is 12.6. The van der Waals surface area contributed by atoms with Gasteiger partial charge in [-0.05, 0) is 53.6 Å². The summed E-state index contributed by atoms with van der Waals surface area (Å²) in [5, 5.41) is 2.49. The molecule has 0 saturated carbocycles. The number of fused-ring (bicyclic) bond motifs is 1. The van der Waals surface area contributed by atoms with Gasteiger partial charge in [0.25, 0.3) is 0 Å². The lowest BCUT2D eigenvalue weighted by molar-refractivity contribution is -0.137. The molecule has 0 fully saturated rings. The van der Waals surface area contributed by atoms with E-state index >= 15 is 0 Å². The molecule has 0 spiro atoms. The van der Waals surface area contributed by atoms with E-state index in [1.54, 1.807) is 18.2 Å². The Morgan fingerprint density at radius 2 is 1.73 bits per heavy atom. The van der Waals surface area contributed by atoms with E-state index in [0.29, 0.717) is 11.5 Å². The van der Waals surface area contributed by atoms with Crippen LogP contribution < -0.4 is 14.8 Å². The Balaban J connectivity index is 1.69. The fourth-order valence-electron chi connectivity index (χ4n) is 3.00. The number of nitrogens with one attached hydrogen (secondary N) is 1. The van der Waals surface area contributed by atoms with Crippen molar-refractivity contribution < 1.29 is 32.2 Å². The van der Waals surface area contributed by atoms with E-state index in [9.17, 15) is 22.8 Å². The normalized spacial score (nSPS) is 13.5. The van der Waals surface area contributed by atoms with Crippen LogP contribution in [0.1, 0.15) is 16.7 Å². The van der Waals surface area contributed by atoms with Gasteiger partial charge in [-0.1, -0.05) is 0 Å². The number of carbonyl (C=O) groups is 2. The number of carbonyl (C=O) groups excluding carboxylic acids is 2. The number of anilines is 1. The van der Waals surface area contributed by atoms with Crippen LogP contribution in [-0.2, 0) is 22.2 Å². The van der Waals surface area contributed by atoms with E-state index in [4.69, 9.17) is 9.47 Å². The van der Waals surface area contributed by atoms with Gasteiger partial charge in [0, 0.05) is 11.9 Å². The number of ether oxygens (including phenoxy) is 2. The smallest absolute Gasteiger partial charge is 0.416 e. The number of hydrogen-bond donors (Lipinski definition) is 1. The number of hydrogen-bond acceptors (Lipinski definition) is 4. The first-order valence-corrected chi connectivity index (χ1v) is 8.91. The first-order chi connectivity index (χ1) is 14.2. The topological polar surface area (TPSA) is 67.9 Å². The average Bonchev–Trinajstić information content (AvgIpc) is 2.85. The van der Waals surface area contributed by atoms with E-state index in [-0.39, 0.29) is 24.6 Å². The number of methoxy groups -OCH3 is 2. The largest absolute Gasteiger partial charge is 0.493 e. The highest BCUT2D eigenvalue weighted by atomic mass is 19.4. The summed E-state index contributed by atoms with van der Waals surface area (Å²) in [7, 11) is 3.00. The van der Waals surface area contributed by atoms with Gasteiger partial charge in [0.1, 0.15) is 6.54 Å². The molecule has 9 heteroatoms. The molecule has 0 unspecified atom stereocenters. The minimum atomic E-state index is -4.45. The van der Waals surface area contributed by atoms with Crippen molar-refractivity contribution in [3.05, 3.63) is 59.3 Å².